The maximum absolute atomic E-state index is 11.6. The largest absolute Gasteiger partial charge is 0.354 e. The number of hydrogen-bond acceptors (Lipinski definition) is 4. The Bertz CT molecular complexity index is 449. The molecule has 19 heavy (non-hydrogen) atoms. The van der Waals surface area contributed by atoms with Crippen molar-refractivity contribution < 1.29 is 19.1 Å². The van der Waals surface area contributed by atoms with E-state index in [0.717, 1.165) is 0 Å². The van der Waals surface area contributed by atoms with Gasteiger partial charge in [0.1, 0.15) is 0 Å². The minimum atomic E-state index is -0.784. The summed E-state index contributed by atoms with van der Waals surface area (Å²) in [4.78, 5) is 23.1. The maximum atomic E-state index is 11.6. The highest BCUT2D eigenvalue weighted by Crippen LogP contribution is 2.14. The number of carbonyl (C=O) groups is 2. The molecule has 0 aliphatic rings. The summed E-state index contributed by atoms with van der Waals surface area (Å²) in [7, 11) is 2.87. The number of nitrogens with one attached hydrogen (secondary N) is 2. The molecule has 1 aromatic carbocycles. The van der Waals surface area contributed by atoms with Crippen LogP contribution in [-0.2, 0) is 19.1 Å². The number of hydrogen-bond donors (Lipinski definition) is 2. The standard InChI is InChI=1S/C12H15ClN2O4/c1-18-10(19-2)7-14-11(16)12(17)15-9-5-3-4-8(13)6-9/h3-6,10H,7H2,1-2H3,(H,14,16)(H,15,17). The van der Waals surface area contributed by atoms with Gasteiger partial charge >= 0.3 is 11.8 Å². The van der Waals surface area contributed by atoms with E-state index in [1.807, 2.05) is 0 Å². The molecule has 7 heteroatoms. The van der Waals surface area contributed by atoms with Crippen molar-refractivity contribution >= 4 is 29.1 Å². The van der Waals surface area contributed by atoms with Crippen LogP contribution < -0.4 is 10.6 Å². The second-order valence-electron chi connectivity index (χ2n) is 3.58. The van der Waals surface area contributed by atoms with Crippen LogP contribution in [0.15, 0.2) is 24.3 Å². The second-order valence-corrected chi connectivity index (χ2v) is 4.01. The second kappa shape index (κ2) is 7.73. The van der Waals surface area contributed by atoms with Crippen molar-refractivity contribution in [1.29, 1.82) is 0 Å². The van der Waals surface area contributed by atoms with Gasteiger partial charge < -0.3 is 20.1 Å². The lowest BCUT2D eigenvalue weighted by Crippen LogP contribution is -2.40. The van der Waals surface area contributed by atoms with Crippen molar-refractivity contribution in [3.05, 3.63) is 29.3 Å². The summed E-state index contributed by atoms with van der Waals surface area (Å²) in [5.74, 6) is -1.56. The van der Waals surface area contributed by atoms with Gasteiger partial charge in [0.2, 0.25) is 0 Å². The summed E-state index contributed by atoms with van der Waals surface area (Å²) in [6.07, 6.45) is -0.595. The summed E-state index contributed by atoms with van der Waals surface area (Å²) < 4.78 is 9.76. The zero-order valence-electron chi connectivity index (χ0n) is 10.6. The monoisotopic (exact) mass is 286 g/mol. The normalized spacial score (nSPS) is 10.3. The summed E-state index contributed by atoms with van der Waals surface area (Å²) >= 11 is 5.76. The predicted molar refractivity (Wildman–Crippen MR) is 70.9 cm³/mol. The third-order valence-corrected chi connectivity index (χ3v) is 2.48. The van der Waals surface area contributed by atoms with Crippen LogP contribution in [0, 0.1) is 0 Å². The van der Waals surface area contributed by atoms with Crippen LogP contribution in [-0.4, -0.2) is 38.9 Å². The van der Waals surface area contributed by atoms with Crippen molar-refractivity contribution in [2.24, 2.45) is 0 Å². The van der Waals surface area contributed by atoms with Crippen molar-refractivity contribution in [3.63, 3.8) is 0 Å². The molecular weight excluding hydrogens is 272 g/mol. The number of benzene rings is 1. The Morgan fingerprint density at radius 3 is 2.53 bits per heavy atom. The Hall–Kier alpha value is -1.63. The quantitative estimate of drug-likeness (QED) is 0.626. The molecule has 0 aromatic heterocycles. The fourth-order valence-electron chi connectivity index (χ4n) is 1.27. The van der Waals surface area contributed by atoms with E-state index in [1.165, 1.54) is 14.2 Å². The highest BCUT2D eigenvalue weighted by atomic mass is 35.5. The molecule has 0 fully saturated rings. The zero-order chi connectivity index (χ0) is 14.3. The first kappa shape index (κ1) is 15.4. The van der Waals surface area contributed by atoms with Crippen LogP contribution in [0.5, 0.6) is 0 Å². The first-order valence-electron chi connectivity index (χ1n) is 5.47. The molecule has 0 radical (unpaired) electrons. The van der Waals surface area contributed by atoms with E-state index >= 15 is 0 Å². The molecule has 0 aliphatic heterocycles. The van der Waals surface area contributed by atoms with Gasteiger partial charge in [-0.15, -0.1) is 0 Å². The van der Waals surface area contributed by atoms with E-state index in [-0.39, 0.29) is 6.54 Å². The summed E-state index contributed by atoms with van der Waals surface area (Å²) in [6.45, 7) is 0.0782. The molecule has 1 rings (SSSR count). The van der Waals surface area contributed by atoms with E-state index in [2.05, 4.69) is 10.6 Å². The minimum Gasteiger partial charge on any atom is -0.354 e. The topological polar surface area (TPSA) is 76.7 Å². The molecule has 0 saturated carbocycles. The SMILES string of the molecule is COC(CNC(=O)C(=O)Nc1cccc(Cl)c1)OC. The molecule has 1 aromatic rings. The highest BCUT2D eigenvalue weighted by Gasteiger charge is 2.15. The lowest BCUT2D eigenvalue weighted by molar-refractivity contribution is -0.139. The Kier molecular flexibility index (Phi) is 6.27. The van der Waals surface area contributed by atoms with E-state index in [1.54, 1.807) is 24.3 Å². The molecule has 0 atom stereocenters. The zero-order valence-corrected chi connectivity index (χ0v) is 11.4. The minimum absolute atomic E-state index is 0.0782. The number of carbonyl (C=O) groups excluding carboxylic acids is 2. The first-order chi connectivity index (χ1) is 9.06. The summed E-state index contributed by atoms with van der Waals surface area (Å²) in [6, 6.07) is 6.50. The van der Waals surface area contributed by atoms with E-state index in [9.17, 15) is 9.59 Å². The number of amides is 2. The number of halogens is 1. The van der Waals surface area contributed by atoms with Crippen LogP contribution >= 0.6 is 11.6 Å². The van der Waals surface area contributed by atoms with E-state index in [4.69, 9.17) is 21.1 Å². The van der Waals surface area contributed by atoms with Crippen LogP contribution in [0.3, 0.4) is 0 Å². The van der Waals surface area contributed by atoms with Gasteiger partial charge in [0, 0.05) is 24.9 Å². The van der Waals surface area contributed by atoms with Crippen LogP contribution in [0.25, 0.3) is 0 Å². The number of ether oxygens (including phenoxy) is 2. The molecule has 0 saturated heterocycles. The van der Waals surface area contributed by atoms with E-state index in [0.29, 0.717) is 10.7 Å². The number of methoxy groups -OCH3 is 2. The van der Waals surface area contributed by atoms with Crippen molar-refractivity contribution in [3.8, 4) is 0 Å². The highest BCUT2D eigenvalue weighted by molar-refractivity contribution is 6.39. The van der Waals surface area contributed by atoms with Crippen LogP contribution in [0.2, 0.25) is 5.02 Å². The third kappa shape index (κ3) is 5.25. The lowest BCUT2D eigenvalue weighted by Gasteiger charge is -2.13. The summed E-state index contributed by atoms with van der Waals surface area (Å²) in [5, 5.41) is 5.28. The van der Waals surface area contributed by atoms with Crippen LogP contribution in [0.4, 0.5) is 5.69 Å². The molecule has 0 spiro atoms. The first-order valence-corrected chi connectivity index (χ1v) is 5.85. The summed E-state index contributed by atoms with van der Waals surface area (Å²) in [5.41, 5.74) is 0.447. The van der Waals surface area contributed by atoms with Gasteiger partial charge in [-0.2, -0.15) is 0 Å². The van der Waals surface area contributed by atoms with Crippen LogP contribution in [0.1, 0.15) is 0 Å². The fraction of sp³-hybridized carbons (Fsp3) is 0.333. The molecule has 0 heterocycles. The number of rotatable bonds is 5. The molecule has 2 amide bonds. The predicted octanol–water partition coefficient (Wildman–Crippen LogP) is 1.01. The smallest absolute Gasteiger partial charge is 0.313 e. The molecule has 0 bridgehead atoms. The van der Waals surface area contributed by atoms with Gasteiger partial charge in [0.15, 0.2) is 6.29 Å². The lowest BCUT2D eigenvalue weighted by atomic mass is 10.3. The number of anilines is 1. The van der Waals surface area contributed by atoms with Crippen molar-refractivity contribution in [2.45, 2.75) is 6.29 Å². The Morgan fingerprint density at radius 2 is 1.95 bits per heavy atom. The van der Waals surface area contributed by atoms with Gasteiger partial charge in [-0.05, 0) is 18.2 Å². The van der Waals surface area contributed by atoms with Gasteiger partial charge in [-0.1, -0.05) is 17.7 Å². The van der Waals surface area contributed by atoms with E-state index < -0.39 is 18.1 Å². The molecule has 6 nitrogen and oxygen atoms in total. The molecule has 0 unspecified atom stereocenters. The Morgan fingerprint density at radius 1 is 1.26 bits per heavy atom. The average Bonchev–Trinajstić information content (AvgIpc) is 2.39. The Labute approximate surface area is 116 Å². The van der Waals surface area contributed by atoms with Crippen molar-refractivity contribution in [1.82, 2.24) is 5.32 Å². The molecule has 104 valence electrons. The van der Waals surface area contributed by atoms with Gasteiger partial charge in [0.05, 0.1) is 6.54 Å². The van der Waals surface area contributed by atoms with Gasteiger partial charge in [0.25, 0.3) is 0 Å². The molecule has 0 aliphatic carbocycles. The average molecular weight is 287 g/mol. The molecule has 2 N–H and O–H groups in total. The Balaban J connectivity index is 2.47. The maximum Gasteiger partial charge on any atom is 0.313 e. The third-order valence-electron chi connectivity index (χ3n) is 2.24. The molecular formula is C12H15ClN2O4. The van der Waals surface area contributed by atoms with Crippen molar-refractivity contribution in [2.75, 3.05) is 26.1 Å². The van der Waals surface area contributed by atoms with Gasteiger partial charge in [-0.25, -0.2) is 0 Å². The fourth-order valence-corrected chi connectivity index (χ4v) is 1.46. The van der Waals surface area contributed by atoms with Gasteiger partial charge in [-0.3, -0.25) is 9.59 Å².